The summed E-state index contributed by atoms with van der Waals surface area (Å²) in [6.07, 6.45) is 1.56. The number of amides is 1. The van der Waals surface area contributed by atoms with Gasteiger partial charge in [-0.2, -0.15) is 10.2 Å². The van der Waals surface area contributed by atoms with Crippen molar-refractivity contribution in [2.75, 3.05) is 0 Å². The molecule has 0 unspecified atom stereocenters. The van der Waals surface area contributed by atoms with E-state index in [-0.39, 0.29) is 11.7 Å². The quantitative estimate of drug-likeness (QED) is 0.897. The average Bonchev–Trinajstić information content (AvgIpc) is 2.37. The fourth-order valence-electron chi connectivity index (χ4n) is 1.58. The summed E-state index contributed by atoms with van der Waals surface area (Å²) in [5, 5.41) is 10.3. The van der Waals surface area contributed by atoms with Crippen molar-refractivity contribution in [1.29, 1.82) is 0 Å². The number of halogens is 1. The maximum Gasteiger partial charge on any atom is 0.251 e. The van der Waals surface area contributed by atoms with Gasteiger partial charge in [0.05, 0.1) is 12.2 Å². The minimum absolute atomic E-state index is 0.252. The van der Waals surface area contributed by atoms with E-state index in [9.17, 15) is 9.18 Å². The third-order valence-corrected chi connectivity index (χ3v) is 2.49. The van der Waals surface area contributed by atoms with E-state index in [0.29, 0.717) is 23.4 Å². The molecule has 1 aromatic carbocycles. The number of hydrogen-bond acceptors (Lipinski definition) is 3. The van der Waals surface area contributed by atoms with Gasteiger partial charge >= 0.3 is 0 Å². The van der Waals surface area contributed by atoms with Crippen molar-refractivity contribution in [1.82, 2.24) is 15.5 Å². The monoisotopic (exact) mass is 245 g/mol. The molecule has 1 amide bonds. The Morgan fingerprint density at radius 2 is 2.22 bits per heavy atom. The lowest BCUT2D eigenvalue weighted by Crippen LogP contribution is -2.24. The number of benzene rings is 1. The Labute approximate surface area is 104 Å². The van der Waals surface area contributed by atoms with Crippen molar-refractivity contribution in [2.24, 2.45) is 0 Å². The van der Waals surface area contributed by atoms with Gasteiger partial charge in [-0.05, 0) is 42.8 Å². The van der Waals surface area contributed by atoms with Gasteiger partial charge in [-0.25, -0.2) is 4.39 Å². The van der Waals surface area contributed by atoms with Crippen molar-refractivity contribution in [3.05, 3.63) is 59.2 Å². The lowest BCUT2D eigenvalue weighted by atomic mass is 10.1. The molecule has 0 aliphatic rings. The molecular formula is C13H12FN3O. The number of nitrogens with zero attached hydrogens (tertiary/aromatic N) is 2. The van der Waals surface area contributed by atoms with Crippen LogP contribution >= 0.6 is 0 Å². The standard InChI is InChI=1S/C13H12FN3O/c1-9-7-10(14)4-5-12(9)13(18)15-8-11-3-2-6-16-17-11/h2-7H,8H2,1H3,(H,15,18). The molecule has 1 aromatic heterocycles. The number of carbonyl (C=O) groups is 1. The van der Waals surface area contributed by atoms with Crippen LogP contribution in [0, 0.1) is 12.7 Å². The molecule has 92 valence electrons. The third-order valence-electron chi connectivity index (χ3n) is 2.49. The molecule has 1 N–H and O–H groups in total. The van der Waals surface area contributed by atoms with Crippen molar-refractivity contribution in [3.8, 4) is 0 Å². The second kappa shape index (κ2) is 5.35. The van der Waals surface area contributed by atoms with Crippen LogP contribution in [0.15, 0.2) is 36.5 Å². The van der Waals surface area contributed by atoms with E-state index in [2.05, 4.69) is 15.5 Å². The summed E-state index contributed by atoms with van der Waals surface area (Å²) in [6, 6.07) is 7.58. The highest BCUT2D eigenvalue weighted by atomic mass is 19.1. The number of rotatable bonds is 3. The van der Waals surface area contributed by atoms with E-state index < -0.39 is 0 Å². The lowest BCUT2D eigenvalue weighted by Gasteiger charge is -2.07. The normalized spacial score (nSPS) is 10.1. The molecule has 0 saturated heterocycles. The molecule has 2 rings (SSSR count). The van der Waals surface area contributed by atoms with Crippen LogP contribution in [0.4, 0.5) is 4.39 Å². The van der Waals surface area contributed by atoms with Crippen molar-refractivity contribution in [2.45, 2.75) is 13.5 Å². The van der Waals surface area contributed by atoms with Crippen LogP contribution in [-0.4, -0.2) is 16.1 Å². The molecule has 0 spiro atoms. The summed E-state index contributed by atoms with van der Waals surface area (Å²) in [5.41, 5.74) is 1.73. The summed E-state index contributed by atoms with van der Waals surface area (Å²) >= 11 is 0. The van der Waals surface area contributed by atoms with Gasteiger partial charge in [0, 0.05) is 11.8 Å². The number of nitrogens with one attached hydrogen (secondary N) is 1. The van der Waals surface area contributed by atoms with Crippen LogP contribution in [0.5, 0.6) is 0 Å². The van der Waals surface area contributed by atoms with E-state index in [4.69, 9.17) is 0 Å². The zero-order valence-corrected chi connectivity index (χ0v) is 9.85. The Kier molecular flexibility index (Phi) is 3.62. The number of carbonyl (C=O) groups excluding carboxylic acids is 1. The SMILES string of the molecule is Cc1cc(F)ccc1C(=O)NCc1cccnn1. The second-order valence-corrected chi connectivity index (χ2v) is 3.86. The average molecular weight is 245 g/mol. The van der Waals surface area contributed by atoms with Crippen molar-refractivity contribution < 1.29 is 9.18 Å². The van der Waals surface area contributed by atoms with Gasteiger partial charge in [0.1, 0.15) is 5.82 Å². The first kappa shape index (κ1) is 12.2. The van der Waals surface area contributed by atoms with Crippen molar-refractivity contribution >= 4 is 5.91 Å². The van der Waals surface area contributed by atoms with Gasteiger partial charge in [0.15, 0.2) is 0 Å². The highest BCUT2D eigenvalue weighted by Gasteiger charge is 2.09. The Bertz CT molecular complexity index is 557. The highest BCUT2D eigenvalue weighted by molar-refractivity contribution is 5.95. The topological polar surface area (TPSA) is 54.9 Å². The van der Waals surface area contributed by atoms with Crippen LogP contribution < -0.4 is 5.32 Å². The molecule has 1 heterocycles. The lowest BCUT2D eigenvalue weighted by molar-refractivity contribution is 0.0949. The largest absolute Gasteiger partial charge is 0.346 e. The predicted molar refractivity (Wildman–Crippen MR) is 64.3 cm³/mol. The summed E-state index contributed by atoms with van der Waals surface area (Å²) in [5.74, 6) is -0.601. The molecule has 0 aliphatic carbocycles. The third kappa shape index (κ3) is 2.88. The Hall–Kier alpha value is -2.30. The molecule has 5 heteroatoms. The summed E-state index contributed by atoms with van der Waals surface area (Å²) in [7, 11) is 0. The fourth-order valence-corrected chi connectivity index (χ4v) is 1.58. The Balaban J connectivity index is 2.04. The molecule has 18 heavy (non-hydrogen) atoms. The van der Waals surface area contributed by atoms with Crippen molar-refractivity contribution in [3.63, 3.8) is 0 Å². The van der Waals surface area contributed by atoms with E-state index in [1.165, 1.54) is 18.2 Å². The zero-order valence-electron chi connectivity index (χ0n) is 9.85. The van der Waals surface area contributed by atoms with Crippen LogP contribution in [0.2, 0.25) is 0 Å². The summed E-state index contributed by atoms with van der Waals surface area (Å²) in [6.45, 7) is 1.99. The van der Waals surface area contributed by atoms with Gasteiger partial charge < -0.3 is 5.32 Å². The maximum absolute atomic E-state index is 12.9. The smallest absolute Gasteiger partial charge is 0.251 e. The van der Waals surface area contributed by atoms with E-state index in [1.54, 1.807) is 25.3 Å². The van der Waals surface area contributed by atoms with Gasteiger partial charge in [-0.3, -0.25) is 4.79 Å². The van der Waals surface area contributed by atoms with Crippen LogP contribution in [0.25, 0.3) is 0 Å². The molecule has 0 saturated carbocycles. The molecule has 0 radical (unpaired) electrons. The molecule has 2 aromatic rings. The minimum Gasteiger partial charge on any atom is -0.346 e. The second-order valence-electron chi connectivity index (χ2n) is 3.86. The zero-order chi connectivity index (χ0) is 13.0. The molecule has 0 fully saturated rings. The molecule has 0 bridgehead atoms. The van der Waals surface area contributed by atoms with Gasteiger partial charge in [0.25, 0.3) is 5.91 Å². The van der Waals surface area contributed by atoms with Crippen LogP contribution in [0.3, 0.4) is 0 Å². The first-order valence-electron chi connectivity index (χ1n) is 5.48. The minimum atomic E-state index is -0.349. The van der Waals surface area contributed by atoms with Crippen LogP contribution in [0.1, 0.15) is 21.6 Å². The molecule has 0 aliphatic heterocycles. The van der Waals surface area contributed by atoms with Gasteiger partial charge in [-0.1, -0.05) is 0 Å². The number of aromatic nitrogens is 2. The Morgan fingerprint density at radius 3 is 2.89 bits per heavy atom. The molecule has 4 nitrogen and oxygen atoms in total. The number of aryl methyl sites for hydroxylation is 1. The molecular weight excluding hydrogens is 233 g/mol. The van der Waals surface area contributed by atoms with Gasteiger partial charge in [0.2, 0.25) is 0 Å². The summed E-state index contributed by atoms with van der Waals surface area (Å²) in [4.78, 5) is 11.9. The number of hydrogen-bond donors (Lipinski definition) is 1. The van der Waals surface area contributed by atoms with E-state index in [1.807, 2.05) is 0 Å². The Morgan fingerprint density at radius 1 is 1.39 bits per heavy atom. The first-order valence-corrected chi connectivity index (χ1v) is 5.48. The van der Waals surface area contributed by atoms with Gasteiger partial charge in [-0.15, -0.1) is 0 Å². The van der Waals surface area contributed by atoms with E-state index >= 15 is 0 Å². The summed E-state index contributed by atoms with van der Waals surface area (Å²) < 4.78 is 12.9. The predicted octanol–water partition coefficient (Wildman–Crippen LogP) is 1.85. The highest BCUT2D eigenvalue weighted by Crippen LogP contribution is 2.10. The first-order chi connectivity index (χ1) is 8.66. The van der Waals surface area contributed by atoms with Crippen LogP contribution in [-0.2, 0) is 6.54 Å². The maximum atomic E-state index is 12.9. The fraction of sp³-hybridized carbons (Fsp3) is 0.154. The molecule has 0 atom stereocenters. The van der Waals surface area contributed by atoms with E-state index in [0.717, 1.165) is 0 Å².